The maximum absolute atomic E-state index is 12.9. The molecule has 10 nitrogen and oxygen atoms in total. The van der Waals surface area contributed by atoms with Gasteiger partial charge in [-0.05, 0) is 36.5 Å². The van der Waals surface area contributed by atoms with Crippen LogP contribution in [0, 0.1) is 0 Å². The smallest absolute Gasteiger partial charge is 0.321 e. The molecule has 5 rings (SSSR count). The van der Waals surface area contributed by atoms with Crippen LogP contribution in [0.2, 0.25) is 0 Å². The number of rotatable bonds is 5. The topological polar surface area (TPSA) is 127 Å². The SMILES string of the molecule is O=C1CCC(N2Cc3ccc(CNc4nc(C5CCOCC5)no4)cc3C2=O)C(=O)N1. The van der Waals surface area contributed by atoms with Gasteiger partial charge in [-0.3, -0.25) is 19.7 Å². The first-order chi connectivity index (χ1) is 15.1. The molecular weight excluding hydrogens is 402 g/mol. The van der Waals surface area contributed by atoms with Crippen molar-refractivity contribution in [2.75, 3.05) is 18.5 Å². The average Bonchev–Trinajstić information content (AvgIpc) is 3.38. The number of fused-ring (bicyclic) bond motifs is 1. The van der Waals surface area contributed by atoms with E-state index >= 15 is 0 Å². The Morgan fingerprint density at radius 1 is 1.16 bits per heavy atom. The van der Waals surface area contributed by atoms with E-state index in [0.717, 1.165) is 24.0 Å². The number of benzene rings is 1. The van der Waals surface area contributed by atoms with Crippen molar-refractivity contribution in [1.82, 2.24) is 20.4 Å². The molecule has 162 valence electrons. The minimum atomic E-state index is -0.610. The van der Waals surface area contributed by atoms with Gasteiger partial charge in [0, 0.05) is 44.2 Å². The largest absolute Gasteiger partial charge is 0.381 e. The quantitative estimate of drug-likeness (QED) is 0.687. The number of hydrogen-bond acceptors (Lipinski definition) is 8. The number of hydrogen-bond donors (Lipinski definition) is 2. The summed E-state index contributed by atoms with van der Waals surface area (Å²) < 4.78 is 10.7. The lowest BCUT2D eigenvalue weighted by molar-refractivity contribution is -0.136. The Balaban J connectivity index is 1.23. The molecular formula is C21H23N5O5. The third kappa shape index (κ3) is 3.90. The summed E-state index contributed by atoms with van der Waals surface area (Å²) in [6, 6.07) is 5.40. The summed E-state index contributed by atoms with van der Waals surface area (Å²) >= 11 is 0. The van der Waals surface area contributed by atoms with Gasteiger partial charge in [0.1, 0.15) is 6.04 Å². The first-order valence-corrected chi connectivity index (χ1v) is 10.5. The summed E-state index contributed by atoms with van der Waals surface area (Å²) in [5.41, 5.74) is 2.35. The highest BCUT2D eigenvalue weighted by molar-refractivity contribution is 6.05. The van der Waals surface area contributed by atoms with E-state index in [1.54, 1.807) is 4.90 Å². The Labute approximate surface area is 178 Å². The van der Waals surface area contributed by atoms with Crippen molar-refractivity contribution in [2.45, 2.75) is 50.7 Å². The molecule has 4 heterocycles. The third-order valence-electron chi connectivity index (χ3n) is 6.06. The van der Waals surface area contributed by atoms with Gasteiger partial charge >= 0.3 is 6.01 Å². The predicted molar refractivity (Wildman–Crippen MR) is 107 cm³/mol. The van der Waals surface area contributed by atoms with Crippen molar-refractivity contribution in [1.29, 1.82) is 0 Å². The van der Waals surface area contributed by atoms with E-state index in [1.165, 1.54) is 0 Å². The second-order valence-corrected chi connectivity index (χ2v) is 8.09. The zero-order valence-electron chi connectivity index (χ0n) is 16.9. The number of ether oxygens (including phenoxy) is 1. The van der Waals surface area contributed by atoms with Crippen LogP contribution >= 0.6 is 0 Å². The lowest BCUT2D eigenvalue weighted by Crippen LogP contribution is -2.52. The maximum Gasteiger partial charge on any atom is 0.321 e. The minimum absolute atomic E-state index is 0.189. The molecule has 2 fully saturated rings. The number of amides is 3. The Morgan fingerprint density at radius 3 is 2.81 bits per heavy atom. The summed E-state index contributed by atoms with van der Waals surface area (Å²) in [5.74, 6) is 0.0560. The molecule has 31 heavy (non-hydrogen) atoms. The normalized spacial score (nSPS) is 21.9. The van der Waals surface area contributed by atoms with Crippen LogP contribution in [0.3, 0.4) is 0 Å². The van der Waals surface area contributed by atoms with Crippen LogP contribution in [-0.2, 0) is 27.4 Å². The number of carbonyl (C=O) groups is 3. The van der Waals surface area contributed by atoms with Gasteiger partial charge in [-0.2, -0.15) is 4.98 Å². The van der Waals surface area contributed by atoms with Crippen molar-refractivity contribution >= 4 is 23.7 Å². The highest BCUT2D eigenvalue weighted by Gasteiger charge is 2.39. The van der Waals surface area contributed by atoms with Gasteiger partial charge in [0.25, 0.3) is 5.91 Å². The van der Waals surface area contributed by atoms with Crippen LogP contribution in [0.1, 0.15) is 58.9 Å². The Hall–Kier alpha value is -3.27. The summed E-state index contributed by atoms with van der Waals surface area (Å²) in [4.78, 5) is 42.5. The van der Waals surface area contributed by atoms with Crippen molar-refractivity contribution in [2.24, 2.45) is 0 Å². The van der Waals surface area contributed by atoms with E-state index in [0.29, 0.717) is 50.1 Å². The van der Waals surface area contributed by atoms with Gasteiger partial charge in [-0.25, -0.2) is 0 Å². The molecule has 1 aromatic heterocycles. The molecule has 1 atom stereocenters. The van der Waals surface area contributed by atoms with Gasteiger partial charge < -0.3 is 19.5 Å². The standard InChI is InChI=1S/C21H23N5O5/c27-17-4-3-16(19(28)23-17)26-11-14-2-1-12(9-15(14)20(26)29)10-22-21-24-18(25-31-21)13-5-7-30-8-6-13/h1-2,9,13,16H,3-8,10-11H2,(H,22,24,25)(H,23,27,28). The number of nitrogens with zero attached hydrogens (tertiary/aromatic N) is 3. The number of anilines is 1. The molecule has 2 N–H and O–H groups in total. The monoisotopic (exact) mass is 425 g/mol. The molecule has 0 spiro atoms. The fourth-order valence-corrected chi connectivity index (χ4v) is 4.32. The Morgan fingerprint density at radius 2 is 2.00 bits per heavy atom. The lowest BCUT2D eigenvalue weighted by Gasteiger charge is -2.29. The molecule has 10 heteroatoms. The van der Waals surface area contributed by atoms with Crippen molar-refractivity contribution in [3.05, 3.63) is 40.7 Å². The highest BCUT2D eigenvalue weighted by Crippen LogP contribution is 2.29. The van der Waals surface area contributed by atoms with Gasteiger partial charge in [0.05, 0.1) is 0 Å². The highest BCUT2D eigenvalue weighted by atomic mass is 16.5. The van der Waals surface area contributed by atoms with Crippen molar-refractivity contribution < 1.29 is 23.6 Å². The molecule has 0 aliphatic carbocycles. The molecule has 3 aliphatic heterocycles. The molecule has 2 aromatic rings. The van der Waals surface area contributed by atoms with Crippen LogP contribution < -0.4 is 10.6 Å². The van der Waals surface area contributed by atoms with Crippen LogP contribution in [0.15, 0.2) is 22.7 Å². The molecule has 0 saturated carbocycles. The number of imide groups is 1. The molecule has 2 saturated heterocycles. The van der Waals surface area contributed by atoms with Crippen LogP contribution in [-0.4, -0.2) is 52.0 Å². The zero-order chi connectivity index (χ0) is 21.4. The van der Waals surface area contributed by atoms with E-state index in [2.05, 4.69) is 20.8 Å². The van der Waals surface area contributed by atoms with Crippen molar-refractivity contribution in [3.63, 3.8) is 0 Å². The molecule has 1 unspecified atom stereocenters. The third-order valence-corrected chi connectivity index (χ3v) is 6.06. The molecule has 0 radical (unpaired) electrons. The second kappa shape index (κ2) is 8.10. The first-order valence-electron chi connectivity index (χ1n) is 10.5. The summed E-state index contributed by atoms with van der Waals surface area (Å²) in [7, 11) is 0. The van der Waals surface area contributed by atoms with E-state index in [1.807, 2.05) is 18.2 Å². The van der Waals surface area contributed by atoms with Gasteiger partial charge in [-0.1, -0.05) is 17.3 Å². The minimum Gasteiger partial charge on any atom is -0.381 e. The van der Waals surface area contributed by atoms with Gasteiger partial charge in [-0.15, -0.1) is 0 Å². The maximum atomic E-state index is 12.9. The molecule has 3 amide bonds. The Bertz CT molecular complexity index is 1030. The van der Waals surface area contributed by atoms with Crippen molar-refractivity contribution in [3.8, 4) is 0 Å². The first kappa shape index (κ1) is 19.7. The fourth-order valence-electron chi connectivity index (χ4n) is 4.32. The summed E-state index contributed by atoms with van der Waals surface area (Å²) in [5, 5.41) is 9.50. The van der Waals surface area contributed by atoms with Gasteiger partial charge in [0.2, 0.25) is 11.8 Å². The molecule has 3 aliphatic rings. The number of nitrogens with one attached hydrogen (secondary N) is 2. The number of piperidine rings is 1. The lowest BCUT2D eigenvalue weighted by atomic mass is 10.00. The van der Waals surface area contributed by atoms with E-state index in [-0.39, 0.29) is 24.2 Å². The average molecular weight is 425 g/mol. The number of aromatic nitrogens is 2. The van der Waals surface area contributed by atoms with Crippen LogP contribution in [0.25, 0.3) is 0 Å². The fraction of sp³-hybridized carbons (Fsp3) is 0.476. The zero-order valence-corrected chi connectivity index (χ0v) is 16.9. The number of carbonyl (C=O) groups excluding carboxylic acids is 3. The molecule has 1 aromatic carbocycles. The molecule has 0 bridgehead atoms. The summed E-state index contributed by atoms with van der Waals surface area (Å²) in [6.07, 6.45) is 2.36. The summed E-state index contributed by atoms with van der Waals surface area (Å²) in [6.45, 7) is 2.21. The second-order valence-electron chi connectivity index (χ2n) is 8.09. The van der Waals surface area contributed by atoms with Crippen LogP contribution in [0.5, 0.6) is 0 Å². The van der Waals surface area contributed by atoms with E-state index in [4.69, 9.17) is 9.26 Å². The Kier molecular flexibility index (Phi) is 5.14. The van der Waals surface area contributed by atoms with E-state index in [9.17, 15) is 14.4 Å². The predicted octanol–water partition coefficient (Wildman–Crippen LogP) is 1.34. The van der Waals surface area contributed by atoms with Gasteiger partial charge in [0.15, 0.2) is 5.82 Å². The van der Waals surface area contributed by atoms with E-state index < -0.39 is 11.9 Å². The van der Waals surface area contributed by atoms with Crippen LogP contribution in [0.4, 0.5) is 6.01 Å².